The van der Waals surface area contributed by atoms with Gasteiger partial charge in [0.25, 0.3) is 0 Å². The largest absolute Gasteiger partial charge is 0.396 e. The van der Waals surface area contributed by atoms with Gasteiger partial charge in [-0.2, -0.15) is 0 Å². The molecule has 1 fully saturated rings. The van der Waals surface area contributed by atoms with Gasteiger partial charge in [0.15, 0.2) is 0 Å². The normalized spacial score (nSPS) is 17.6. The van der Waals surface area contributed by atoms with E-state index in [-0.39, 0.29) is 5.41 Å². The zero-order chi connectivity index (χ0) is 12.5. The van der Waals surface area contributed by atoms with E-state index in [1.54, 1.807) is 0 Å². The Balaban J connectivity index is 2.13. The molecule has 3 heteroatoms. The van der Waals surface area contributed by atoms with Crippen molar-refractivity contribution in [3.63, 3.8) is 0 Å². The molecule has 0 bridgehead atoms. The number of aliphatic hydroxyl groups is 1. The van der Waals surface area contributed by atoms with E-state index >= 15 is 0 Å². The topological polar surface area (TPSA) is 23.5 Å². The van der Waals surface area contributed by atoms with Crippen LogP contribution in [-0.2, 0) is 0 Å². The molecule has 1 N–H and O–H groups in total. The molecule has 0 heterocycles. The molecule has 0 atom stereocenters. The Bertz CT molecular complexity index is 396. The van der Waals surface area contributed by atoms with Gasteiger partial charge >= 0.3 is 0 Å². The monoisotopic (exact) mass is 297 g/mol. The SMILES string of the molecule is Cc1ccc(Br)cc1N(C)CC1(CO)CCC1. The van der Waals surface area contributed by atoms with Crippen LogP contribution in [-0.4, -0.2) is 25.3 Å². The first-order valence-electron chi connectivity index (χ1n) is 6.14. The summed E-state index contributed by atoms with van der Waals surface area (Å²) >= 11 is 3.52. The Kier molecular flexibility index (Phi) is 3.79. The first-order chi connectivity index (χ1) is 8.06. The Morgan fingerprint density at radius 1 is 1.41 bits per heavy atom. The van der Waals surface area contributed by atoms with E-state index in [9.17, 15) is 5.11 Å². The molecule has 17 heavy (non-hydrogen) atoms. The predicted molar refractivity (Wildman–Crippen MR) is 75.5 cm³/mol. The van der Waals surface area contributed by atoms with Crippen LogP contribution in [0.25, 0.3) is 0 Å². The van der Waals surface area contributed by atoms with Crippen LogP contribution in [0.1, 0.15) is 24.8 Å². The summed E-state index contributed by atoms with van der Waals surface area (Å²) in [6, 6.07) is 6.35. The van der Waals surface area contributed by atoms with Crippen LogP contribution in [0.4, 0.5) is 5.69 Å². The number of nitrogens with zero attached hydrogens (tertiary/aromatic N) is 1. The van der Waals surface area contributed by atoms with Gasteiger partial charge < -0.3 is 10.0 Å². The molecular formula is C14H20BrNO. The highest BCUT2D eigenvalue weighted by Gasteiger charge is 2.37. The maximum absolute atomic E-state index is 9.52. The highest BCUT2D eigenvalue weighted by atomic mass is 79.9. The summed E-state index contributed by atoms with van der Waals surface area (Å²) < 4.78 is 1.11. The van der Waals surface area contributed by atoms with Crippen LogP contribution >= 0.6 is 15.9 Å². The molecule has 1 aromatic rings. The molecule has 1 aliphatic rings. The molecule has 0 aliphatic heterocycles. The second-order valence-corrected chi connectivity index (χ2v) is 6.21. The summed E-state index contributed by atoms with van der Waals surface area (Å²) in [7, 11) is 2.12. The van der Waals surface area contributed by atoms with E-state index in [2.05, 4.69) is 53.0 Å². The van der Waals surface area contributed by atoms with Crippen molar-refractivity contribution in [1.82, 2.24) is 0 Å². The Morgan fingerprint density at radius 2 is 2.12 bits per heavy atom. The lowest BCUT2D eigenvalue weighted by atomic mass is 9.69. The molecule has 0 aromatic heterocycles. The lowest BCUT2D eigenvalue weighted by Crippen LogP contribution is -2.43. The summed E-state index contributed by atoms with van der Waals surface area (Å²) in [5.41, 5.74) is 2.67. The zero-order valence-corrected chi connectivity index (χ0v) is 12.1. The number of hydrogen-bond acceptors (Lipinski definition) is 2. The van der Waals surface area contributed by atoms with E-state index in [4.69, 9.17) is 0 Å². The van der Waals surface area contributed by atoms with Gasteiger partial charge in [0, 0.05) is 29.2 Å². The van der Waals surface area contributed by atoms with Crippen LogP contribution in [0.15, 0.2) is 22.7 Å². The van der Waals surface area contributed by atoms with Gasteiger partial charge in [0.05, 0.1) is 6.61 Å². The van der Waals surface area contributed by atoms with Crippen molar-refractivity contribution in [2.24, 2.45) is 5.41 Å². The molecule has 94 valence electrons. The Morgan fingerprint density at radius 3 is 2.65 bits per heavy atom. The van der Waals surface area contributed by atoms with Gasteiger partial charge in [-0.1, -0.05) is 28.4 Å². The van der Waals surface area contributed by atoms with Crippen molar-refractivity contribution >= 4 is 21.6 Å². The molecule has 1 aromatic carbocycles. The highest BCUT2D eigenvalue weighted by molar-refractivity contribution is 9.10. The second-order valence-electron chi connectivity index (χ2n) is 5.30. The zero-order valence-electron chi connectivity index (χ0n) is 10.5. The van der Waals surface area contributed by atoms with Crippen LogP contribution in [0, 0.1) is 12.3 Å². The quantitative estimate of drug-likeness (QED) is 0.921. The maximum Gasteiger partial charge on any atom is 0.0504 e. The fourth-order valence-electron chi connectivity index (χ4n) is 2.63. The second kappa shape index (κ2) is 4.99. The van der Waals surface area contributed by atoms with Crippen molar-refractivity contribution < 1.29 is 5.11 Å². The van der Waals surface area contributed by atoms with Gasteiger partial charge in [-0.05, 0) is 37.5 Å². The average Bonchev–Trinajstić information content (AvgIpc) is 2.26. The number of anilines is 1. The van der Waals surface area contributed by atoms with Crippen LogP contribution in [0.2, 0.25) is 0 Å². The lowest BCUT2D eigenvalue weighted by Gasteiger charge is -2.43. The van der Waals surface area contributed by atoms with E-state index in [0.29, 0.717) is 6.61 Å². The molecule has 1 aliphatic carbocycles. The molecule has 0 saturated heterocycles. The average molecular weight is 298 g/mol. The molecule has 0 amide bonds. The van der Waals surface area contributed by atoms with Crippen LogP contribution in [0.3, 0.4) is 0 Å². The fraction of sp³-hybridized carbons (Fsp3) is 0.571. The van der Waals surface area contributed by atoms with Gasteiger partial charge in [-0.25, -0.2) is 0 Å². The number of benzene rings is 1. The van der Waals surface area contributed by atoms with Crippen LogP contribution in [0.5, 0.6) is 0 Å². The third-order valence-electron chi connectivity index (χ3n) is 3.90. The number of rotatable bonds is 4. The Labute approximate surface area is 112 Å². The standard InChI is InChI=1S/C14H20BrNO/c1-11-4-5-12(15)8-13(11)16(2)9-14(10-17)6-3-7-14/h4-5,8,17H,3,6-7,9-10H2,1-2H3. The molecule has 0 spiro atoms. The van der Waals surface area contributed by atoms with Gasteiger partial charge in [0.1, 0.15) is 0 Å². The minimum atomic E-state index is 0.142. The number of hydrogen-bond donors (Lipinski definition) is 1. The minimum absolute atomic E-state index is 0.142. The van der Waals surface area contributed by atoms with E-state index in [1.165, 1.54) is 17.7 Å². The van der Waals surface area contributed by atoms with Gasteiger partial charge in [0.2, 0.25) is 0 Å². The molecule has 0 radical (unpaired) electrons. The molecule has 2 rings (SSSR count). The first-order valence-corrected chi connectivity index (χ1v) is 6.94. The number of aliphatic hydroxyl groups excluding tert-OH is 1. The summed E-state index contributed by atoms with van der Waals surface area (Å²) in [6.45, 7) is 3.38. The summed E-state index contributed by atoms with van der Waals surface area (Å²) in [6.07, 6.45) is 3.56. The van der Waals surface area contributed by atoms with Crippen molar-refractivity contribution in [2.45, 2.75) is 26.2 Å². The maximum atomic E-state index is 9.52. The number of halogens is 1. The smallest absolute Gasteiger partial charge is 0.0504 e. The highest BCUT2D eigenvalue weighted by Crippen LogP contribution is 2.41. The van der Waals surface area contributed by atoms with Crippen molar-refractivity contribution in [3.8, 4) is 0 Å². The summed E-state index contributed by atoms with van der Waals surface area (Å²) in [5, 5.41) is 9.52. The summed E-state index contributed by atoms with van der Waals surface area (Å²) in [5.74, 6) is 0. The molecule has 0 unspecified atom stereocenters. The van der Waals surface area contributed by atoms with E-state index in [1.807, 2.05) is 0 Å². The predicted octanol–water partition coefficient (Wildman–Crippen LogP) is 3.36. The van der Waals surface area contributed by atoms with Gasteiger partial charge in [-0.15, -0.1) is 0 Å². The van der Waals surface area contributed by atoms with Gasteiger partial charge in [-0.3, -0.25) is 0 Å². The van der Waals surface area contributed by atoms with Crippen molar-refractivity contribution in [3.05, 3.63) is 28.2 Å². The van der Waals surface area contributed by atoms with E-state index in [0.717, 1.165) is 23.9 Å². The number of aryl methyl sites for hydroxylation is 1. The third kappa shape index (κ3) is 2.66. The first kappa shape index (κ1) is 12.9. The fourth-order valence-corrected chi connectivity index (χ4v) is 2.97. The molecular weight excluding hydrogens is 278 g/mol. The molecule has 2 nitrogen and oxygen atoms in total. The summed E-state index contributed by atoms with van der Waals surface area (Å²) in [4.78, 5) is 2.27. The Hall–Kier alpha value is -0.540. The molecule has 1 saturated carbocycles. The van der Waals surface area contributed by atoms with Crippen LogP contribution < -0.4 is 4.90 Å². The third-order valence-corrected chi connectivity index (χ3v) is 4.40. The van der Waals surface area contributed by atoms with Crippen molar-refractivity contribution in [2.75, 3.05) is 25.1 Å². The van der Waals surface area contributed by atoms with Crippen molar-refractivity contribution in [1.29, 1.82) is 0 Å². The lowest BCUT2D eigenvalue weighted by molar-refractivity contribution is 0.0524. The van der Waals surface area contributed by atoms with E-state index < -0.39 is 0 Å². The minimum Gasteiger partial charge on any atom is -0.396 e.